The Balaban J connectivity index is 2.21. The van der Waals surface area contributed by atoms with Crippen LogP contribution in [0.15, 0.2) is 24.3 Å². The second-order valence-corrected chi connectivity index (χ2v) is 3.57. The van der Waals surface area contributed by atoms with E-state index in [0.717, 1.165) is 11.8 Å². The fourth-order valence-electron chi connectivity index (χ4n) is 1.47. The Morgan fingerprint density at radius 1 is 1.14 bits per heavy atom. The van der Waals surface area contributed by atoms with Crippen molar-refractivity contribution in [1.82, 2.24) is 0 Å². The van der Waals surface area contributed by atoms with Crippen molar-refractivity contribution in [2.75, 3.05) is 0 Å². The first-order chi connectivity index (χ1) is 6.84. The maximum absolute atomic E-state index is 13.1. The van der Waals surface area contributed by atoms with Gasteiger partial charge >= 0.3 is 0 Å². The standard InChI is InChI=1S/C12H17BF/c1-2-3-4-7-10-13-11-8-5-6-9-12(11)14/h5-6,8-9H,2-4,7,10H2,1H3/q-1. The summed E-state index contributed by atoms with van der Waals surface area (Å²) in [6.45, 7) is 2.20. The van der Waals surface area contributed by atoms with Crippen molar-refractivity contribution in [3.8, 4) is 0 Å². The maximum atomic E-state index is 13.1. The Morgan fingerprint density at radius 3 is 2.64 bits per heavy atom. The highest BCUT2D eigenvalue weighted by Gasteiger charge is 1.88. The summed E-state index contributed by atoms with van der Waals surface area (Å²) in [6.07, 6.45) is 5.94. The molecule has 1 aromatic rings. The van der Waals surface area contributed by atoms with Crippen molar-refractivity contribution < 1.29 is 4.39 Å². The van der Waals surface area contributed by atoms with Crippen LogP contribution >= 0.6 is 0 Å². The SMILES string of the molecule is CCCCCC[B-]c1ccccc1F. The van der Waals surface area contributed by atoms with E-state index in [1.54, 1.807) is 6.07 Å². The van der Waals surface area contributed by atoms with E-state index in [-0.39, 0.29) is 5.82 Å². The Hall–Kier alpha value is -0.785. The number of unbranched alkanes of at least 4 members (excludes halogenated alkanes) is 3. The van der Waals surface area contributed by atoms with Crippen LogP contribution in [0.25, 0.3) is 0 Å². The predicted octanol–water partition coefficient (Wildman–Crippen LogP) is 3.15. The second kappa shape index (κ2) is 6.64. The van der Waals surface area contributed by atoms with Gasteiger partial charge in [-0.3, -0.25) is 7.28 Å². The lowest BCUT2D eigenvalue weighted by Gasteiger charge is -2.16. The normalized spacial score (nSPS) is 10.4. The third-order valence-electron chi connectivity index (χ3n) is 2.33. The van der Waals surface area contributed by atoms with E-state index in [4.69, 9.17) is 0 Å². The van der Waals surface area contributed by atoms with Gasteiger partial charge < -0.3 is 0 Å². The first kappa shape index (κ1) is 11.3. The van der Waals surface area contributed by atoms with Crippen LogP contribution in [0, 0.1) is 5.82 Å². The molecule has 2 radical (unpaired) electrons. The van der Waals surface area contributed by atoms with Gasteiger partial charge in [0.1, 0.15) is 0 Å². The van der Waals surface area contributed by atoms with Crippen LogP contribution in [0.1, 0.15) is 32.6 Å². The minimum atomic E-state index is -0.108. The van der Waals surface area contributed by atoms with Gasteiger partial charge in [-0.1, -0.05) is 44.7 Å². The third kappa shape index (κ3) is 3.95. The molecule has 0 aliphatic carbocycles. The first-order valence-corrected chi connectivity index (χ1v) is 5.42. The molecule has 0 N–H and O–H groups in total. The van der Waals surface area contributed by atoms with Crippen molar-refractivity contribution in [3.63, 3.8) is 0 Å². The summed E-state index contributed by atoms with van der Waals surface area (Å²) in [5.74, 6) is -0.108. The van der Waals surface area contributed by atoms with Crippen LogP contribution in [-0.4, -0.2) is 7.28 Å². The van der Waals surface area contributed by atoms with Gasteiger partial charge in [0.25, 0.3) is 0 Å². The zero-order valence-corrected chi connectivity index (χ0v) is 8.80. The van der Waals surface area contributed by atoms with Gasteiger partial charge in [-0.15, -0.1) is 6.07 Å². The number of halogens is 1. The topological polar surface area (TPSA) is 0 Å². The molecular formula is C12H17BF-. The van der Waals surface area contributed by atoms with Crippen LogP contribution in [0.3, 0.4) is 0 Å². The molecule has 0 atom stereocenters. The van der Waals surface area contributed by atoms with E-state index < -0.39 is 0 Å². The first-order valence-electron chi connectivity index (χ1n) is 5.42. The molecule has 0 saturated heterocycles. The smallest absolute Gasteiger partial charge is 0.0819 e. The lowest BCUT2D eigenvalue weighted by molar-refractivity contribution is 0.635. The molecule has 1 aromatic carbocycles. The molecule has 0 spiro atoms. The van der Waals surface area contributed by atoms with Crippen molar-refractivity contribution in [2.24, 2.45) is 0 Å². The molecule has 1 rings (SSSR count). The van der Waals surface area contributed by atoms with E-state index in [2.05, 4.69) is 6.92 Å². The molecule has 0 aromatic heterocycles. The summed E-state index contributed by atoms with van der Waals surface area (Å²) in [5.41, 5.74) is 0.740. The number of hydrogen-bond acceptors (Lipinski definition) is 0. The van der Waals surface area contributed by atoms with Gasteiger partial charge in [-0.25, -0.2) is 16.2 Å². The molecule has 14 heavy (non-hydrogen) atoms. The molecule has 0 unspecified atom stereocenters. The zero-order chi connectivity index (χ0) is 10.2. The lowest BCUT2D eigenvalue weighted by atomic mass is 9.66. The van der Waals surface area contributed by atoms with Crippen LogP contribution < -0.4 is 5.46 Å². The number of benzene rings is 1. The van der Waals surface area contributed by atoms with Gasteiger partial charge in [-0.05, 0) is 6.07 Å². The van der Waals surface area contributed by atoms with Crippen LogP contribution in [-0.2, 0) is 0 Å². The molecule has 2 heteroatoms. The fraction of sp³-hybridized carbons (Fsp3) is 0.500. The van der Waals surface area contributed by atoms with E-state index in [0.29, 0.717) is 0 Å². The van der Waals surface area contributed by atoms with Gasteiger partial charge in [0, 0.05) is 0 Å². The van der Waals surface area contributed by atoms with E-state index in [1.807, 2.05) is 19.4 Å². The Bertz CT molecular complexity index is 260. The Morgan fingerprint density at radius 2 is 1.93 bits per heavy atom. The highest BCUT2D eigenvalue weighted by Crippen LogP contribution is 2.02. The Kier molecular flexibility index (Phi) is 5.35. The van der Waals surface area contributed by atoms with Crippen molar-refractivity contribution in [2.45, 2.75) is 38.9 Å². The van der Waals surface area contributed by atoms with Crippen LogP contribution in [0.4, 0.5) is 4.39 Å². The summed E-state index contributed by atoms with van der Waals surface area (Å²) in [4.78, 5) is 0. The average molecular weight is 191 g/mol. The molecule has 0 nitrogen and oxygen atoms in total. The summed E-state index contributed by atoms with van der Waals surface area (Å²) in [5, 5.41) is 0. The maximum Gasteiger partial charge on any atom is 0.0819 e. The van der Waals surface area contributed by atoms with Crippen LogP contribution in [0.5, 0.6) is 0 Å². The molecule has 0 aliphatic rings. The van der Waals surface area contributed by atoms with Crippen molar-refractivity contribution in [1.29, 1.82) is 0 Å². The minimum absolute atomic E-state index is 0.108. The molecule has 0 heterocycles. The minimum Gasteiger partial charge on any atom is -0.293 e. The average Bonchev–Trinajstić information content (AvgIpc) is 2.20. The fourth-order valence-corrected chi connectivity index (χ4v) is 1.47. The summed E-state index contributed by atoms with van der Waals surface area (Å²) >= 11 is 0. The lowest BCUT2D eigenvalue weighted by Crippen LogP contribution is -2.17. The predicted molar refractivity (Wildman–Crippen MR) is 60.7 cm³/mol. The highest BCUT2D eigenvalue weighted by molar-refractivity contribution is 6.53. The second-order valence-electron chi connectivity index (χ2n) is 3.57. The third-order valence-corrected chi connectivity index (χ3v) is 2.33. The van der Waals surface area contributed by atoms with E-state index in [9.17, 15) is 4.39 Å². The van der Waals surface area contributed by atoms with Crippen molar-refractivity contribution >= 4 is 12.7 Å². The quantitative estimate of drug-likeness (QED) is 0.478. The van der Waals surface area contributed by atoms with Gasteiger partial charge in [0.15, 0.2) is 0 Å². The van der Waals surface area contributed by atoms with E-state index >= 15 is 0 Å². The summed E-state index contributed by atoms with van der Waals surface area (Å²) in [7, 11) is 1.99. The van der Waals surface area contributed by atoms with E-state index in [1.165, 1.54) is 31.7 Å². The molecule has 0 bridgehead atoms. The van der Waals surface area contributed by atoms with Gasteiger partial charge in [0.05, 0.1) is 5.82 Å². The molecule has 0 saturated carbocycles. The molecular weight excluding hydrogens is 174 g/mol. The van der Waals surface area contributed by atoms with Crippen molar-refractivity contribution in [3.05, 3.63) is 30.1 Å². The largest absolute Gasteiger partial charge is 0.293 e. The highest BCUT2D eigenvalue weighted by atomic mass is 19.1. The Labute approximate surface area is 86.8 Å². The summed E-state index contributed by atoms with van der Waals surface area (Å²) in [6, 6.07) is 6.94. The monoisotopic (exact) mass is 191 g/mol. The van der Waals surface area contributed by atoms with Gasteiger partial charge in [-0.2, -0.15) is 0 Å². The molecule has 0 aliphatic heterocycles. The van der Waals surface area contributed by atoms with Crippen LogP contribution in [0.2, 0.25) is 6.32 Å². The number of hydrogen-bond donors (Lipinski definition) is 0. The molecule has 0 fully saturated rings. The summed E-state index contributed by atoms with van der Waals surface area (Å²) < 4.78 is 13.1. The molecule has 0 amide bonds. The number of rotatable bonds is 6. The van der Waals surface area contributed by atoms with Gasteiger partial charge in [0.2, 0.25) is 0 Å². The molecule has 76 valence electrons. The zero-order valence-electron chi connectivity index (χ0n) is 8.80.